The van der Waals surface area contributed by atoms with Crippen LogP contribution in [-0.2, 0) is 32.3 Å². The SMILES string of the molecule is COc1cc(C(=O)NCCCCc2cccc(C3(C(=O)O[C@H]4CN5CCC4CC5)CCCCC3)c2)c(Cl)cc1CNCC(O[Si](C)(C)C(C)(C)C)c1ccc(O)c2[nH]c(=O)ccc12. The number of nitrogens with zero attached hydrogens (tertiary/aromatic N) is 1. The number of piperidine rings is 3. The van der Waals surface area contributed by atoms with Gasteiger partial charge in [0, 0.05) is 43.2 Å². The molecule has 4 heterocycles. The van der Waals surface area contributed by atoms with E-state index in [1.807, 2.05) is 6.07 Å². The lowest BCUT2D eigenvalue weighted by molar-refractivity contribution is -0.167. The van der Waals surface area contributed by atoms with Crippen LogP contribution in [-0.4, -0.2) is 81.1 Å². The van der Waals surface area contributed by atoms with Crippen LogP contribution in [0.2, 0.25) is 23.2 Å². The number of hydrogen-bond acceptors (Lipinski definition) is 9. The first-order valence-electron chi connectivity index (χ1n) is 23.0. The zero-order valence-electron chi connectivity index (χ0n) is 38.0. The fourth-order valence-corrected chi connectivity index (χ4v) is 11.1. The maximum Gasteiger partial charge on any atom is 0.316 e. The van der Waals surface area contributed by atoms with Crippen molar-refractivity contribution in [2.75, 3.05) is 39.8 Å². The van der Waals surface area contributed by atoms with Crippen LogP contribution in [0.3, 0.4) is 0 Å². The first-order valence-corrected chi connectivity index (χ1v) is 26.3. The number of unbranched alkanes of at least 4 members (excludes halogenated alkanes) is 1. The van der Waals surface area contributed by atoms with E-state index in [0.717, 1.165) is 101 Å². The molecule has 4 N–H and O–H groups in total. The third-order valence-electron chi connectivity index (χ3n) is 14.4. The molecule has 1 amide bonds. The molecule has 63 heavy (non-hydrogen) atoms. The van der Waals surface area contributed by atoms with E-state index in [9.17, 15) is 19.5 Å². The summed E-state index contributed by atoms with van der Waals surface area (Å²) in [5.74, 6) is 0.731. The maximum absolute atomic E-state index is 14.1. The van der Waals surface area contributed by atoms with Crippen LogP contribution in [0.15, 0.2) is 65.5 Å². The molecule has 3 saturated heterocycles. The maximum atomic E-state index is 14.1. The van der Waals surface area contributed by atoms with Crippen LogP contribution in [0, 0.1) is 5.92 Å². The number of aryl methyl sites for hydroxylation is 1. The third-order valence-corrected chi connectivity index (χ3v) is 19.2. The topological polar surface area (TPSA) is 142 Å². The normalized spacial score (nSPS) is 20.3. The van der Waals surface area contributed by atoms with E-state index in [0.29, 0.717) is 52.8 Å². The Kier molecular flexibility index (Phi) is 14.8. The molecule has 3 aromatic carbocycles. The van der Waals surface area contributed by atoms with Crippen LogP contribution in [0.5, 0.6) is 11.5 Å². The number of benzene rings is 3. The number of phenols is 1. The van der Waals surface area contributed by atoms with E-state index in [-0.39, 0.29) is 34.3 Å². The first-order chi connectivity index (χ1) is 30.1. The lowest BCUT2D eigenvalue weighted by Crippen LogP contribution is -2.53. The van der Waals surface area contributed by atoms with Gasteiger partial charge in [0.1, 0.15) is 17.6 Å². The summed E-state index contributed by atoms with van der Waals surface area (Å²) in [4.78, 5) is 44.9. The first kappa shape index (κ1) is 46.8. The number of pyridine rings is 1. The zero-order valence-corrected chi connectivity index (χ0v) is 39.8. The van der Waals surface area contributed by atoms with Crippen molar-refractivity contribution >= 4 is 42.7 Å². The molecular formula is C50H67ClN4O7Si. The fraction of sp³-hybridized carbons (Fsp3) is 0.540. The molecule has 4 aromatic rings. The molecule has 1 aromatic heterocycles. The van der Waals surface area contributed by atoms with Crippen LogP contribution < -0.4 is 20.9 Å². The standard InChI is InChI=1S/C50H67ClN4O7Si/c1-49(2,3)63(5,6)62-43(37-16-18-41(56)46-38(37)17-19-45(57)54-46)31-52-30-35-28-40(51)39(29-42(35)60-4)47(58)53-24-11-8-13-33-14-12-15-36(27-33)50(22-9-7-10-23-50)48(59)61-44-32-55-25-20-34(44)21-26-55/h12,14-19,27-29,34,43-44,52,56H,7-11,13,20-26,30-32H2,1-6H3,(H,53,58)(H,54,57)/t43?,44-/m0/s1. The van der Waals surface area contributed by atoms with Crippen LogP contribution in [0.25, 0.3) is 10.9 Å². The van der Waals surface area contributed by atoms with Crippen LogP contribution >= 0.6 is 11.6 Å². The number of fused-ring (bicyclic) bond motifs is 4. The van der Waals surface area contributed by atoms with Crippen molar-refractivity contribution < 1.29 is 28.6 Å². The number of H-pyrrole nitrogens is 1. The molecule has 0 spiro atoms. The fourth-order valence-electron chi connectivity index (χ4n) is 9.56. The van der Waals surface area contributed by atoms with E-state index in [1.165, 1.54) is 11.6 Å². The van der Waals surface area contributed by atoms with Gasteiger partial charge in [-0.25, -0.2) is 0 Å². The smallest absolute Gasteiger partial charge is 0.316 e. The summed E-state index contributed by atoms with van der Waals surface area (Å²) in [6.45, 7) is 15.4. The predicted octanol–water partition coefficient (Wildman–Crippen LogP) is 9.34. The second-order valence-corrected chi connectivity index (χ2v) is 24.7. The van der Waals surface area contributed by atoms with E-state index in [2.05, 4.69) is 78.6 Å². The molecule has 8 rings (SSSR count). The Hall–Kier alpha value is -4.20. The Labute approximate surface area is 378 Å². The van der Waals surface area contributed by atoms with Gasteiger partial charge < -0.3 is 34.6 Å². The quantitative estimate of drug-likeness (QED) is 0.0464. The molecule has 4 fully saturated rings. The van der Waals surface area contributed by atoms with E-state index in [4.69, 9.17) is 25.5 Å². The number of methoxy groups -OCH3 is 1. The molecule has 2 atom stereocenters. The summed E-state index contributed by atoms with van der Waals surface area (Å²) in [6.07, 6.45) is 9.26. The molecule has 1 unspecified atom stereocenters. The summed E-state index contributed by atoms with van der Waals surface area (Å²) < 4.78 is 19.1. The molecule has 2 bridgehead atoms. The number of carbonyl (C=O) groups excluding carboxylic acids is 2. The predicted molar refractivity (Wildman–Crippen MR) is 252 cm³/mol. The lowest BCUT2D eigenvalue weighted by atomic mass is 9.69. The summed E-state index contributed by atoms with van der Waals surface area (Å²) in [5.41, 5.74) is 3.77. The van der Waals surface area contributed by atoms with Gasteiger partial charge in [-0.1, -0.05) is 82.0 Å². The Bertz CT molecular complexity index is 2310. The average molecular weight is 900 g/mol. The van der Waals surface area contributed by atoms with Gasteiger partial charge in [0.2, 0.25) is 5.56 Å². The second kappa shape index (κ2) is 19.9. The molecule has 3 aliphatic heterocycles. The molecule has 1 aliphatic carbocycles. The number of rotatable bonds is 17. The highest BCUT2D eigenvalue weighted by Crippen LogP contribution is 2.44. The van der Waals surface area contributed by atoms with Crippen molar-refractivity contribution in [3.05, 3.63) is 104 Å². The highest BCUT2D eigenvalue weighted by Gasteiger charge is 2.46. The third kappa shape index (κ3) is 10.7. The molecule has 1 saturated carbocycles. The Morgan fingerprint density at radius 3 is 2.48 bits per heavy atom. The van der Waals surface area contributed by atoms with Gasteiger partial charge in [0.05, 0.1) is 34.7 Å². The van der Waals surface area contributed by atoms with Crippen molar-refractivity contribution in [3.8, 4) is 11.5 Å². The monoisotopic (exact) mass is 898 g/mol. The Morgan fingerprint density at radius 1 is 1.02 bits per heavy atom. The van der Waals surface area contributed by atoms with Gasteiger partial charge in [0.25, 0.3) is 5.91 Å². The second-order valence-electron chi connectivity index (χ2n) is 19.6. The van der Waals surface area contributed by atoms with Crippen LogP contribution in [0.4, 0.5) is 0 Å². The molecule has 340 valence electrons. The number of hydrogen-bond donors (Lipinski definition) is 4. The van der Waals surface area contributed by atoms with E-state index >= 15 is 0 Å². The van der Waals surface area contributed by atoms with Gasteiger partial charge >= 0.3 is 5.97 Å². The number of esters is 1. The number of carbonyl (C=O) groups is 2. The number of amides is 1. The summed E-state index contributed by atoms with van der Waals surface area (Å²) in [7, 11) is -0.701. The van der Waals surface area contributed by atoms with Crippen molar-refractivity contribution in [3.63, 3.8) is 0 Å². The zero-order chi connectivity index (χ0) is 44.9. The Balaban J connectivity index is 0.945. The van der Waals surface area contributed by atoms with Crippen molar-refractivity contribution in [1.29, 1.82) is 0 Å². The summed E-state index contributed by atoms with van der Waals surface area (Å²) in [6, 6.07) is 18.7. The van der Waals surface area contributed by atoms with E-state index in [1.54, 1.807) is 31.4 Å². The minimum atomic E-state index is -2.28. The van der Waals surface area contributed by atoms with Gasteiger partial charge in [-0.05, 0) is 123 Å². The van der Waals surface area contributed by atoms with Gasteiger partial charge in [0.15, 0.2) is 8.32 Å². The largest absolute Gasteiger partial charge is 0.506 e. The van der Waals surface area contributed by atoms with Crippen LogP contribution in [0.1, 0.15) is 117 Å². The van der Waals surface area contributed by atoms with Crippen molar-refractivity contribution in [1.82, 2.24) is 20.5 Å². The lowest BCUT2D eigenvalue weighted by Gasteiger charge is -2.45. The Morgan fingerprint density at radius 2 is 1.78 bits per heavy atom. The summed E-state index contributed by atoms with van der Waals surface area (Å²) in [5, 5.41) is 18.1. The summed E-state index contributed by atoms with van der Waals surface area (Å²) >= 11 is 6.77. The number of ether oxygens (including phenoxy) is 2. The molecule has 4 aliphatic rings. The minimum Gasteiger partial charge on any atom is -0.506 e. The average Bonchev–Trinajstić information content (AvgIpc) is 3.26. The number of aromatic hydroxyl groups is 1. The molecule has 0 radical (unpaired) electrons. The van der Waals surface area contributed by atoms with Gasteiger partial charge in [-0.15, -0.1) is 0 Å². The molecule has 13 heteroatoms. The number of halogens is 1. The van der Waals surface area contributed by atoms with Crippen molar-refractivity contribution in [2.45, 2.75) is 127 Å². The molecular weight excluding hydrogens is 832 g/mol. The minimum absolute atomic E-state index is 0.00193. The number of aromatic nitrogens is 1. The van der Waals surface area contributed by atoms with Gasteiger partial charge in [-0.2, -0.15) is 0 Å². The van der Waals surface area contributed by atoms with Crippen molar-refractivity contribution in [2.24, 2.45) is 5.92 Å². The highest BCUT2D eigenvalue weighted by atomic mass is 35.5. The van der Waals surface area contributed by atoms with Gasteiger partial charge in [-0.3, -0.25) is 19.3 Å². The number of phenolic OH excluding ortho intramolecular Hbond substituents is 1. The molecule has 11 nitrogen and oxygen atoms in total. The van der Waals surface area contributed by atoms with E-state index < -0.39 is 19.8 Å². The number of nitrogens with one attached hydrogen (secondary N) is 3. The number of aromatic amines is 1. The highest BCUT2D eigenvalue weighted by molar-refractivity contribution is 6.74.